The fourth-order valence-electron chi connectivity index (χ4n) is 9.02. The molecular formula is C59H37N5. The Kier molecular flexibility index (Phi) is 9.08. The zero-order chi connectivity index (χ0) is 42.4. The van der Waals surface area contributed by atoms with Gasteiger partial charge in [0, 0.05) is 63.4 Å². The monoisotopic (exact) mass is 815 g/mol. The van der Waals surface area contributed by atoms with Gasteiger partial charge in [-0.2, -0.15) is 0 Å². The van der Waals surface area contributed by atoms with Crippen LogP contribution in [0.2, 0.25) is 0 Å². The average Bonchev–Trinajstić information content (AvgIpc) is 3.37. The highest BCUT2D eigenvalue weighted by molar-refractivity contribution is 5.99. The third kappa shape index (κ3) is 6.82. The number of aromatic nitrogens is 5. The van der Waals surface area contributed by atoms with E-state index in [-0.39, 0.29) is 0 Å². The first-order valence-corrected chi connectivity index (χ1v) is 21.4. The van der Waals surface area contributed by atoms with Gasteiger partial charge >= 0.3 is 0 Å². The highest BCUT2D eigenvalue weighted by Crippen LogP contribution is 2.38. The van der Waals surface area contributed by atoms with E-state index in [1.807, 2.05) is 24.8 Å². The molecule has 5 nitrogen and oxygen atoms in total. The second-order valence-electron chi connectivity index (χ2n) is 16.2. The van der Waals surface area contributed by atoms with Crippen molar-refractivity contribution in [2.45, 2.75) is 0 Å². The smallest absolute Gasteiger partial charge is 0.164 e. The van der Waals surface area contributed by atoms with E-state index in [9.17, 15) is 0 Å². The Hall–Kier alpha value is -8.67. The molecule has 5 heteroatoms. The quantitative estimate of drug-likeness (QED) is 0.160. The summed E-state index contributed by atoms with van der Waals surface area (Å²) in [5.41, 5.74) is 11.3. The maximum absolute atomic E-state index is 5.34. The Morgan fingerprint density at radius 2 is 0.656 bits per heavy atom. The van der Waals surface area contributed by atoms with Crippen molar-refractivity contribution in [3.8, 4) is 78.7 Å². The summed E-state index contributed by atoms with van der Waals surface area (Å²) in [5, 5.41) is 9.04. The van der Waals surface area contributed by atoms with Crippen molar-refractivity contribution in [3.63, 3.8) is 0 Å². The molecule has 0 aliphatic rings. The first-order chi connectivity index (χ1) is 31.7. The lowest BCUT2D eigenvalue weighted by molar-refractivity contribution is 1.08. The lowest BCUT2D eigenvalue weighted by Gasteiger charge is -2.15. The molecule has 0 aliphatic carbocycles. The minimum absolute atomic E-state index is 0.591. The standard InChI is InChI=1S/C59H37N5/c1-2-14-40-30-45(27-26-38(40)12-1)57-62-58(64-59(63-57)54-25-11-17-39-13-3-6-22-51(39)54)50-32-48(41-18-9-20-43(28-41)55-36-60-34-46-15-4-7-23-52(46)55)31-49(33-50)42-19-10-21-44(29-42)56-37-61-35-47-16-5-8-24-53(47)56/h1-37H. The third-order valence-corrected chi connectivity index (χ3v) is 12.2. The molecule has 12 rings (SSSR count). The fraction of sp³-hybridized carbons (Fsp3) is 0. The second kappa shape index (κ2) is 15.7. The predicted octanol–water partition coefficient (Wildman–Crippen LogP) is 14.9. The van der Waals surface area contributed by atoms with Gasteiger partial charge in [0.15, 0.2) is 17.5 Å². The van der Waals surface area contributed by atoms with Gasteiger partial charge in [0.25, 0.3) is 0 Å². The van der Waals surface area contributed by atoms with Crippen LogP contribution in [0.1, 0.15) is 0 Å². The highest BCUT2D eigenvalue weighted by Gasteiger charge is 2.18. The number of rotatable bonds is 7. The van der Waals surface area contributed by atoms with Crippen LogP contribution < -0.4 is 0 Å². The van der Waals surface area contributed by atoms with E-state index in [0.29, 0.717) is 17.5 Å². The van der Waals surface area contributed by atoms with Gasteiger partial charge < -0.3 is 0 Å². The van der Waals surface area contributed by atoms with E-state index in [4.69, 9.17) is 15.0 Å². The first kappa shape index (κ1) is 37.1. The average molecular weight is 816 g/mol. The molecule has 9 aromatic carbocycles. The number of pyridine rings is 2. The molecule has 0 bridgehead atoms. The molecule has 12 aromatic rings. The highest BCUT2D eigenvalue weighted by atomic mass is 15.0. The molecule has 64 heavy (non-hydrogen) atoms. The van der Waals surface area contributed by atoms with Crippen molar-refractivity contribution < 1.29 is 0 Å². The largest absolute Gasteiger partial charge is 0.263 e. The molecule has 3 aromatic heterocycles. The number of hydrogen-bond donors (Lipinski definition) is 0. The summed E-state index contributed by atoms with van der Waals surface area (Å²) in [5.74, 6) is 1.82. The van der Waals surface area contributed by atoms with Gasteiger partial charge in [-0.3, -0.25) is 9.97 Å². The van der Waals surface area contributed by atoms with Crippen LogP contribution in [-0.4, -0.2) is 24.9 Å². The summed E-state index contributed by atoms with van der Waals surface area (Å²) in [6, 6.07) is 70.6. The molecule has 0 fully saturated rings. The van der Waals surface area contributed by atoms with Crippen LogP contribution in [0.5, 0.6) is 0 Å². The lowest BCUT2D eigenvalue weighted by Crippen LogP contribution is -2.01. The molecule has 0 amide bonds. The molecule has 0 spiro atoms. The molecule has 0 atom stereocenters. The third-order valence-electron chi connectivity index (χ3n) is 12.2. The first-order valence-electron chi connectivity index (χ1n) is 21.4. The summed E-state index contributed by atoms with van der Waals surface area (Å²) in [7, 11) is 0. The van der Waals surface area contributed by atoms with Gasteiger partial charge in [0.05, 0.1) is 0 Å². The number of fused-ring (bicyclic) bond motifs is 4. The van der Waals surface area contributed by atoms with Crippen LogP contribution in [0.3, 0.4) is 0 Å². The summed E-state index contributed by atoms with van der Waals surface area (Å²) < 4.78 is 0. The zero-order valence-corrected chi connectivity index (χ0v) is 34.6. The van der Waals surface area contributed by atoms with Crippen LogP contribution in [-0.2, 0) is 0 Å². The maximum atomic E-state index is 5.34. The Labute approximate surface area is 370 Å². The topological polar surface area (TPSA) is 64.5 Å². The van der Waals surface area contributed by atoms with Crippen LogP contribution >= 0.6 is 0 Å². The second-order valence-corrected chi connectivity index (χ2v) is 16.2. The molecule has 0 aliphatic heterocycles. The Balaban J connectivity index is 1.08. The summed E-state index contributed by atoms with van der Waals surface area (Å²) >= 11 is 0. The molecule has 3 heterocycles. The van der Waals surface area contributed by atoms with Gasteiger partial charge in [0.1, 0.15) is 0 Å². The van der Waals surface area contributed by atoms with Crippen molar-refractivity contribution >= 4 is 43.1 Å². The molecule has 0 N–H and O–H groups in total. The number of nitrogens with zero attached hydrogens (tertiary/aromatic N) is 5. The van der Waals surface area contributed by atoms with Crippen LogP contribution in [0.4, 0.5) is 0 Å². The minimum Gasteiger partial charge on any atom is -0.263 e. The van der Waals surface area contributed by atoms with E-state index in [1.165, 1.54) is 0 Å². The van der Waals surface area contributed by atoms with E-state index in [1.54, 1.807) is 0 Å². The van der Waals surface area contributed by atoms with Crippen molar-refractivity contribution in [2.24, 2.45) is 0 Å². The van der Waals surface area contributed by atoms with E-state index in [2.05, 4.69) is 210 Å². The Bertz CT molecular complexity index is 3610. The molecule has 0 radical (unpaired) electrons. The van der Waals surface area contributed by atoms with Crippen LogP contribution in [0, 0.1) is 0 Å². The SMILES string of the molecule is c1cc(-c2cc(-c3cccc(-c4cncc5ccccc45)c3)cc(-c3nc(-c4ccc5ccccc5c4)nc(-c4cccc5ccccc45)n3)c2)cc(-c2cncc3ccccc23)c1. The van der Waals surface area contributed by atoms with Crippen LogP contribution in [0.25, 0.3) is 122 Å². The van der Waals surface area contributed by atoms with E-state index < -0.39 is 0 Å². The minimum atomic E-state index is 0.591. The number of hydrogen-bond acceptors (Lipinski definition) is 5. The molecule has 0 unspecified atom stereocenters. The van der Waals surface area contributed by atoms with Crippen molar-refractivity contribution in [3.05, 3.63) is 225 Å². The van der Waals surface area contributed by atoms with Gasteiger partial charge in [-0.15, -0.1) is 0 Å². The summed E-state index contributed by atoms with van der Waals surface area (Å²) in [6.45, 7) is 0. The maximum Gasteiger partial charge on any atom is 0.164 e. The Morgan fingerprint density at radius 1 is 0.219 bits per heavy atom. The van der Waals surface area contributed by atoms with Gasteiger partial charge in [-0.05, 0) is 102 Å². The molecule has 0 saturated carbocycles. The van der Waals surface area contributed by atoms with Crippen molar-refractivity contribution in [1.82, 2.24) is 24.9 Å². The summed E-state index contributed by atoms with van der Waals surface area (Å²) in [4.78, 5) is 25.1. The van der Waals surface area contributed by atoms with Crippen molar-refractivity contribution in [1.29, 1.82) is 0 Å². The molecule has 0 saturated heterocycles. The van der Waals surface area contributed by atoms with E-state index >= 15 is 0 Å². The molecular weight excluding hydrogens is 779 g/mol. The van der Waals surface area contributed by atoms with Gasteiger partial charge in [0.2, 0.25) is 0 Å². The van der Waals surface area contributed by atoms with Gasteiger partial charge in [-0.25, -0.2) is 15.0 Å². The normalized spacial score (nSPS) is 11.4. The zero-order valence-electron chi connectivity index (χ0n) is 34.6. The van der Waals surface area contributed by atoms with E-state index in [0.717, 1.165) is 104 Å². The molecule has 298 valence electrons. The van der Waals surface area contributed by atoms with Crippen LogP contribution in [0.15, 0.2) is 225 Å². The van der Waals surface area contributed by atoms with Crippen molar-refractivity contribution in [2.75, 3.05) is 0 Å². The lowest BCUT2D eigenvalue weighted by atomic mass is 9.92. The number of benzene rings is 9. The Morgan fingerprint density at radius 3 is 1.28 bits per heavy atom. The fourth-order valence-corrected chi connectivity index (χ4v) is 9.02. The summed E-state index contributed by atoms with van der Waals surface area (Å²) in [6.07, 6.45) is 7.78. The predicted molar refractivity (Wildman–Crippen MR) is 263 cm³/mol. The van der Waals surface area contributed by atoms with Gasteiger partial charge in [-0.1, -0.05) is 164 Å².